The third-order valence-electron chi connectivity index (χ3n) is 2.59. The summed E-state index contributed by atoms with van der Waals surface area (Å²) in [5.74, 6) is -0.362. The first-order valence-electron chi connectivity index (χ1n) is 6.07. The molecular formula is C11H18N6O2. The number of rotatable bonds is 8. The van der Waals surface area contributed by atoms with E-state index in [9.17, 15) is 4.79 Å². The summed E-state index contributed by atoms with van der Waals surface area (Å²) in [6, 6.07) is -0.545. The fourth-order valence-electron chi connectivity index (χ4n) is 1.60. The fraction of sp³-hybridized carbons (Fsp3) is 0.636. The van der Waals surface area contributed by atoms with Crippen molar-refractivity contribution in [3.8, 4) is 0 Å². The number of aryl methyl sites for hydroxylation is 1. The maximum absolute atomic E-state index is 11.7. The summed E-state index contributed by atoms with van der Waals surface area (Å²) in [5, 5.41) is 10.6. The molecule has 1 N–H and O–H groups in total. The van der Waals surface area contributed by atoms with Gasteiger partial charge in [-0.2, -0.15) is 5.10 Å². The summed E-state index contributed by atoms with van der Waals surface area (Å²) in [6.45, 7) is 3.66. The Bertz CT molecular complexity index is 452. The number of hydrogen-bond acceptors (Lipinski definition) is 5. The van der Waals surface area contributed by atoms with E-state index in [-0.39, 0.29) is 5.97 Å². The quantitative estimate of drug-likeness (QED) is 0.252. The van der Waals surface area contributed by atoms with Gasteiger partial charge >= 0.3 is 5.97 Å². The minimum absolute atomic E-state index is 0.362. The van der Waals surface area contributed by atoms with Crippen molar-refractivity contribution in [1.82, 2.24) is 15.1 Å². The van der Waals surface area contributed by atoms with Crippen LogP contribution in [0.4, 0.5) is 0 Å². The van der Waals surface area contributed by atoms with E-state index in [2.05, 4.69) is 20.4 Å². The third kappa shape index (κ3) is 4.61. The van der Waals surface area contributed by atoms with E-state index in [1.165, 1.54) is 7.11 Å². The number of methoxy groups -OCH3 is 1. The zero-order valence-electron chi connectivity index (χ0n) is 11.1. The number of esters is 1. The van der Waals surface area contributed by atoms with Crippen LogP contribution in [0.5, 0.6) is 0 Å². The molecule has 0 saturated carbocycles. The highest BCUT2D eigenvalue weighted by Crippen LogP contribution is 2.13. The van der Waals surface area contributed by atoms with Gasteiger partial charge in [-0.05, 0) is 25.4 Å². The summed E-state index contributed by atoms with van der Waals surface area (Å²) < 4.78 is 6.51. The molecule has 0 fully saturated rings. The van der Waals surface area contributed by atoms with Gasteiger partial charge in [0.05, 0.1) is 13.3 Å². The summed E-state index contributed by atoms with van der Waals surface area (Å²) in [7, 11) is 1.35. The molecule has 19 heavy (non-hydrogen) atoms. The van der Waals surface area contributed by atoms with Crippen LogP contribution in [-0.2, 0) is 16.1 Å². The Kier molecular flexibility index (Phi) is 6.42. The lowest BCUT2D eigenvalue weighted by Crippen LogP contribution is -2.30. The Balaban J connectivity index is 2.61. The predicted molar refractivity (Wildman–Crippen MR) is 69.3 cm³/mol. The molecule has 1 aromatic rings. The summed E-state index contributed by atoms with van der Waals surface area (Å²) in [6.07, 6.45) is 4.10. The van der Waals surface area contributed by atoms with Crippen molar-refractivity contribution in [1.29, 1.82) is 0 Å². The van der Waals surface area contributed by atoms with Gasteiger partial charge in [-0.25, -0.2) is 4.79 Å². The van der Waals surface area contributed by atoms with Crippen LogP contribution in [0.1, 0.15) is 24.9 Å². The van der Waals surface area contributed by atoms with E-state index in [0.717, 1.165) is 12.1 Å². The molecule has 0 aliphatic heterocycles. The van der Waals surface area contributed by atoms with E-state index >= 15 is 0 Å². The summed E-state index contributed by atoms with van der Waals surface area (Å²) in [4.78, 5) is 14.4. The van der Waals surface area contributed by atoms with Gasteiger partial charge in [0.15, 0.2) is 0 Å². The maximum Gasteiger partial charge on any atom is 0.327 e. The molecule has 8 heteroatoms. The van der Waals surface area contributed by atoms with Crippen LogP contribution in [0.3, 0.4) is 0 Å². The average Bonchev–Trinajstić information content (AvgIpc) is 2.90. The normalized spacial score (nSPS) is 11.7. The first-order chi connectivity index (χ1) is 9.22. The van der Waals surface area contributed by atoms with Gasteiger partial charge in [0.1, 0.15) is 6.04 Å². The number of nitrogens with zero attached hydrogens (tertiary/aromatic N) is 5. The second kappa shape index (κ2) is 8.12. The number of carbonyl (C=O) groups is 1. The molecule has 0 aromatic carbocycles. The first kappa shape index (κ1) is 15.0. The van der Waals surface area contributed by atoms with Gasteiger partial charge in [0, 0.05) is 29.8 Å². The van der Waals surface area contributed by atoms with Crippen molar-refractivity contribution in [2.24, 2.45) is 5.11 Å². The van der Waals surface area contributed by atoms with Crippen LogP contribution in [0.25, 0.3) is 10.4 Å². The van der Waals surface area contributed by atoms with Gasteiger partial charge in [-0.3, -0.25) is 4.68 Å². The van der Waals surface area contributed by atoms with E-state index in [0.29, 0.717) is 19.5 Å². The van der Waals surface area contributed by atoms with Gasteiger partial charge in [-0.15, -0.1) is 0 Å². The topological polar surface area (TPSA) is 105 Å². The lowest BCUT2D eigenvalue weighted by Gasteiger charge is -2.14. The van der Waals surface area contributed by atoms with E-state index < -0.39 is 6.04 Å². The molecule has 1 heterocycles. The smallest absolute Gasteiger partial charge is 0.327 e. The van der Waals surface area contributed by atoms with Crippen LogP contribution in [-0.4, -0.2) is 35.9 Å². The maximum atomic E-state index is 11.7. The first-order valence-corrected chi connectivity index (χ1v) is 6.07. The number of ether oxygens (including phenoxy) is 1. The number of azide groups is 1. The highest BCUT2D eigenvalue weighted by atomic mass is 16.5. The van der Waals surface area contributed by atoms with E-state index in [1.807, 2.05) is 13.1 Å². The number of nitrogens with one attached hydrogen (secondary N) is 1. The number of carbonyl (C=O) groups excluding carboxylic acids is 1. The Morgan fingerprint density at radius 2 is 2.53 bits per heavy atom. The van der Waals surface area contributed by atoms with Crippen molar-refractivity contribution in [3.63, 3.8) is 0 Å². The highest BCUT2D eigenvalue weighted by molar-refractivity contribution is 5.77. The molecule has 104 valence electrons. The van der Waals surface area contributed by atoms with Crippen LogP contribution >= 0.6 is 0 Å². The molecule has 0 bridgehead atoms. The largest absolute Gasteiger partial charge is 0.468 e. The molecule has 8 nitrogen and oxygen atoms in total. The monoisotopic (exact) mass is 266 g/mol. The molecule has 1 aromatic heterocycles. The molecule has 0 aliphatic rings. The van der Waals surface area contributed by atoms with Crippen LogP contribution in [0.15, 0.2) is 17.5 Å². The minimum atomic E-state index is -0.545. The Morgan fingerprint density at radius 3 is 3.11 bits per heavy atom. The molecule has 1 unspecified atom stereocenters. The molecule has 1 rings (SSSR count). The standard InChI is InChI=1S/C11H18N6O2/c1-3-17-8-9(7-15-17)10(11(18)19-2)13-5-4-6-14-16-12/h7-8,10,13H,3-6H2,1-2H3. The third-order valence-corrected chi connectivity index (χ3v) is 2.59. The van der Waals surface area contributed by atoms with E-state index in [1.54, 1.807) is 10.9 Å². The number of hydrogen-bond donors (Lipinski definition) is 1. The van der Waals surface area contributed by atoms with Crippen molar-refractivity contribution >= 4 is 5.97 Å². The Labute approximate surface area is 111 Å². The van der Waals surface area contributed by atoms with Crippen molar-refractivity contribution < 1.29 is 9.53 Å². The SMILES string of the molecule is CCn1cc(C(NCCCN=[N+]=[N-])C(=O)OC)cn1. The summed E-state index contributed by atoms with van der Waals surface area (Å²) in [5.41, 5.74) is 8.92. The van der Waals surface area contributed by atoms with Crippen molar-refractivity contribution in [3.05, 3.63) is 28.4 Å². The molecular weight excluding hydrogens is 248 g/mol. The zero-order chi connectivity index (χ0) is 14.1. The van der Waals surface area contributed by atoms with Crippen molar-refractivity contribution in [2.45, 2.75) is 25.9 Å². The number of aromatic nitrogens is 2. The Morgan fingerprint density at radius 1 is 1.74 bits per heavy atom. The van der Waals surface area contributed by atoms with Gasteiger partial charge in [0.2, 0.25) is 0 Å². The second-order valence-corrected chi connectivity index (χ2v) is 3.85. The molecule has 0 saturated heterocycles. The average molecular weight is 266 g/mol. The predicted octanol–water partition coefficient (Wildman–Crippen LogP) is 1.41. The molecule has 0 amide bonds. The molecule has 0 aliphatic carbocycles. The van der Waals surface area contributed by atoms with Crippen LogP contribution < -0.4 is 5.32 Å². The lowest BCUT2D eigenvalue weighted by molar-refractivity contribution is -0.143. The van der Waals surface area contributed by atoms with E-state index in [4.69, 9.17) is 10.3 Å². The van der Waals surface area contributed by atoms with Crippen LogP contribution in [0, 0.1) is 0 Å². The zero-order valence-corrected chi connectivity index (χ0v) is 11.1. The molecule has 1 atom stereocenters. The van der Waals surface area contributed by atoms with Crippen LogP contribution in [0.2, 0.25) is 0 Å². The van der Waals surface area contributed by atoms with Gasteiger partial charge in [0.25, 0.3) is 0 Å². The fourth-order valence-corrected chi connectivity index (χ4v) is 1.60. The highest BCUT2D eigenvalue weighted by Gasteiger charge is 2.21. The molecule has 0 spiro atoms. The lowest BCUT2D eigenvalue weighted by atomic mass is 10.1. The second-order valence-electron chi connectivity index (χ2n) is 3.85. The van der Waals surface area contributed by atoms with Gasteiger partial charge in [-0.1, -0.05) is 5.11 Å². The Hall–Kier alpha value is -2.05. The summed E-state index contributed by atoms with van der Waals surface area (Å²) >= 11 is 0. The minimum Gasteiger partial charge on any atom is -0.468 e. The van der Waals surface area contributed by atoms with Gasteiger partial charge < -0.3 is 10.1 Å². The van der Waals surface area contributed by atoms with Crippen molar-refractivity contribution in [2.75, 3.05) is 20.2 Å². The molecule has 0 radical (unpaired) electrons.